The zero-order valence-electron chi connectivity index (χ0n) is 22.8. The zero-order chi connectivity index (χ0) is 26.7. The summed E-state index contributed by atoms with van der Waals surface area (Å²) in [6.45, 7) is 14.9. The Morgan fingerprint density at radius 1 is 0.943 bits per heavy atom. The fraction of sp³-hybridized carbons (Fsp3) is 0.741. The molecule has 0 aliphatic carbocycles. The molecular weight excluding hydrogens is 470 g/mol. The molecule has 0 bridgehead atoms. The van der Waals surface area contributed by atoms with Crippen molar-refractivity contribution in [3.05, 3.63) is 29.3 Å². The highest BCUT2D eigenvalue weighted by Gasteiger charge is 2.31. The Morgan fingerprint density at radius 2 is 1.46 bits per heavy atom. The molecule has 8 heteroatoms. The molecule has 0 spiro atoms. The van der Waals surface area contributed by atoms with Crippen LogP contribution in [0.4, 0.5) is 23.7 Å². The number of aryl methyl sites for hydroxylation is 1. The van der Waals surface area contributed by atoms with Gasteiger partial charge < -0.3 is 15.4 Å². The van der Waals surface area contributed by atoms with Crippen molar-refractivity contribution in [2.45, 2.75) is 99.2 Å². The molecule has 0 aliphatic heterocycles. The third-order valence-electron chi connectivity index (χ3n) is 6.36. The van der Waals surface area contributed by atoms with Gasteiger partial charge in [-0.2, -0.15) is 13.2 Å². The van der Waals surface area contributed by atoms with Crippen LogP contribution in [0.2, 0.25) is 0 Å². The first kappa shape index (κ1) is 31.5. The number of anilines is 1. The number of alkyl halides is 3. The van der Waals surface area contributed by atoms with E-state index in [1.165, 1.54) is 19.3 Å². The highest BCUT2D eigenvalue weighted by Crippen LogP contribution is 2.52. The lowest BCUT2D eigenvalue weighted by molar-refractivity contribution is -0.137. The van der Waals surface area contributed by atoms with Crippen LogP contribution in [0.5, 0.6) is 0 Å². The van der Waals surface area contributed by atoms with Crippen molar-refractivity contribution in [2.24, 2.45) is 10.2 Å². The van der Waals surface area contributed by atoms with E-state index < -0.39 is 24.8 Å². The summed E-state index contributed by atoms with van der Waals surface area (Å²) in [6.07, 6.45) is 5.99. The van der Waals surface area contributed by atoms with Crippen LogP contribution < -0.4 is 10.6 Å². The highest BCUT2D eigenvalue weighted by atomic mass is 31.2. The minimum atomic E-state index is -4.46. The molecule has 2 amide bonds. The Hall–Kier alpha value is -1.49. The van der Waals surface area contributed by atoms with E-state index in [9.17, 15) is 18.0 Å². The first-order valence-corrected chi connectivity index (χ1v) is 15.4. The van der Waals surface area contributed by atoms with Crippen LogP contribution in [0, 0.1) is 12.3 Å². The molecule has 1 atom stereocenters. The van der Waals surface area contributed by atoms with Crippen LogP contribution >= 0.6 is 7.05 Å². The van der Waals surface area contributed by atoms with Gasteiger partial charge >= 0.3 is 12.2 Å². The average molecular weight is 518 g/mol. The van der Waals surface area contributed by atoms with Gasteiger partial charge in [-0.15, -0.1) is 0 Å². The second-order valence-electron chi connectivity index (χ2n) is 10.8. The monoisotopic (exact) mass is 517 g/mol. The quantitative estimate of drug-likeness (QED) is 0.252. The second-order valence-corrected chi connectivity index (χ2v) is 14.6. The summed E-state index contributed by atoms with van der Waals surface area (Å²) in [5.41, 5.74) is -0.446. The molecule has 0 saturated carbocycles. The predicted octanol–water partition coefficient (Wildman–Crippen LogP) is 9.15. The Balaban J connectivity index is 3.14. The van der Waals surface area contributed by atoms with Crippen LogP contribution in [-0.2, 0) is 6.18 Å². The van der Waals surface area contributed by atoms with Gasteiger partial charge in [-0.3, -0.25) is 0 Å². The van der Waals surface area contributed by atoms with Crippen molar-refractivity contribution in [1.29, 1.82) is 0 Å². The van der Waals surface area contributed by atoms with E-state index in [0.717, 1.165) is 49.9 Å². The molecule has 35 heavy (non-hydrogen) atoms. The molecule has 0 aliphatic rings. The van der Waals surface area contributed by atoms with Crippen molar-refractivity contribution in [2.75, 3.05) is 30.3 Å². The lowest BCUT2D eigenvalue weighted by atomic mass is 9.87. The van der Waals surface area contributed by atoms with Gasteiger partial charge in [-0.1, -0.05) is 60.8 Å². The van der Waals surface area contributed by atoms with E-state index in [0.29, 0.717) is 12.1 Å². The molecule has 4 nitrogen and oxygen atoms in total. The number of carbonyl (C=O) groups excluding carboxylic acids is 1. The SMILES string of the molecule is CCCCP(CCCC)(CCCC)=NC[C@@H](NC(=O)Nc1cc(C)cc(C(F)(F)F)c1)C(C)(C)C. The smallest absolute Gasteiger partial charge is 0.333 e. The molecule has 1 aromatic carbocycles. The standard InChI is InChI=1S/C27H47F3N3OP/c1-8-11-14-35(15-12-9-2,16-13-10-3)31-20-24(26(5,6)7)33-25(34)32-23-18-21(4)17-22(19-23)27(28,29)30/h17-19,24H,8-16,20H2,1-7H3,(H2,32,33,34)/t24-/m1/s1. The fourth-order valence-corrected chi connectivity index (χ4v) is 8.36. The van der Waals surface area contributed by atoms with Crippen LogP contribution in [0.25, 0.3) is 0 Å². The number of amides is 2. The van der Waals surface area contributed by atoms with Crippen LogP contribution in [0.1, 0.15) is 91.2 Å². The number of rotatable bonds is 13. The molecule has 0 aromatic heterocycles. The van der Waals surface area contributed by atoms with E-state index in [-0.39, 0.29) is 17.1 Å². The third-order valence-corrected chi connectivity index (χ3v) is 10.6. The van der Waals surface area contributed by atoms with Gasteiger partial charge in [-0.05, 0) is 80.9 Å². The number of nitrogens with zero attached hydrogens (tertiary/aromatic N) is 1. The summed E-state index contributed by atoms with van der Waals surface area (Å²) in [5.74, 6) is 0. The predicted molar refractivity (Wildman–Crippen MR) is 145 cm³/mol. The van der Waals surface area contributed by atoms with Gasteiger partial charge in [0.25, 0.3) is 0 Å². The summed E-state index contributed by atoms with van der Waals surface area (Å²) < 4.78 is 44.9. The van der Waals surface area contributed by atoms with E-state index in [1.54, 1.807) is 13.0 Å². The maximum absolute atomic E-state index is 13.2. The molecule has 0 saturated heterocycles. The molecule has 0 heterocycles. The van der Waals surface area contributed by atoms with Crippen LogP contribution in [0.3, 0.4) is 0 Å². The molecule has 202 valence electrons. The van der Waals surface area contributed by atoms with Gasteiger partial charge in [0, 0.05) is 5.69 Å². The number of halogens is 3. The maximum atomic E-state index is 13.2. The van der Waals surface area contributed by atoms with E-state index in [2.05, 4.69) is 52.2 Å². The van der Waals surface area contributed by atoms with Crippen LogP contribution in [0.15, 0.2) is 22.9 Å². The van der Waals surface area contributed by atoms with Crippen molar-refractivity contribution in [3.8, 4) is 0 Å². The molecule has 0 fully saturated rings. The summed E-state index contributed by atoms with van der Waals surface area (Å²) in [6, 6.07) is 2.87. The number of nitrogens with one attached hydrogen (secondary N) is 2. The van der Waals surface area contributed by atoms with E-state index >= 15 is 0 Å². The minimum Gasteiger partial charge on any atom is -0.333 e. The largest absolute Gasteiger partial charge is 0.416 e. The first-order valence-electron chi connectivity index (χ1n) is 13.1. The molecular formula is C27H47F3N3OP. The molecule has 1 rings (SSSR count). The Labute approximate surface area is 211 Å². The number of hydrogen-bond acceptors (Lipinski definition) is 2. The maximum Gasteiger partial charge on any atom is 0.416 e. The van der Waals surface area contributed by atoms with Crippen molar-refractivity contribution >= 4 is 18.8 Å². The van der Waals surface area contributed by atoms with Crippen LogP contribution in [-0.4, -0.2) is 37.1 Å². The molecule has 0 unspecified atom stereocenters. The van der Waals surface area contributed by atoms with Gasteiger partial charge in [0.05, 0.1) is 18.2 Å². The number of unbranched alkanes of at least 4 members (excludes halogenated alkanes) is 3. The van der Waals surface area contributed by atoms with E-state index in [1.807, 2.05) is 0 Å². The highest BCUT2D eigenvalue weighted by molar-refractivity contribution is 7.66. The third kappa shape index (κ3) is 11.4. The Kier molecular flexibility index (Phi) is 12.9. The first-order chi connectivity index (χ1) is 16.3. The number of carbonyl (C=O) groups is 1. The average Bonchev–Trinajstić information content (AvgIpc) is 2.75. The normalized spacial score (nSPS) is 13.4. The van der Waals surface area contributed by atoms with Crippen molar-refractivity contribution < 1.29 is 18.0 Å². The summed E-state index contributed by atoms with van der Waals surface area (Å²) >= 11 is 0. The lowest BCUT2D eigenvalue weighted by Gasteiger charge is -2.33. The van der Waals surface area contributed by atoms with Crippen molar-refractivity contribution in [1.82, 2.24) is 5.32 Å². The minimum absolute atomic E-state index is 0.134. The van der Waals surface area contributed by atoms with Gasteiger partial charge in [0.1, 0.15) is 0 Å². The number of hydrogen-bond donors (Lipinski definition) is 2. The summed E-state index contributed by atoms with van der Waals surface area (Å²) in [7, 11) is -1.48. The molecule has 2 N–H and O–H groups in total. The Morgan fingerprint density at radius 3 is 1.89 bits per heavy atom. The molecule has 1 aromatic rings. The summed E-state index contributed by atoms with van der Waals surface area (Å²) in [5, 5.41) is 5.63. The molecule has 0 radical (unpaired) electrons. The fourth-order valence-electron chi connectivity index (χ4n) is 4.04. The topological polar surface area (TPSA) is 53.5 Å². The van der Waals surface area contributed by atoms with Crippen molar-refractivity contribution in [3.63, 3.8) is 0 Å². The second kappa shape index (κ2) is 14.3. The number of benzene rings is 1. The zero-order valence-corrected chi connectivity index (χ0v) is 23.7. The van der Waals surface area contributed by atoms with Gasteiger partial charge in [-0.25, -0.2) is 4.79 Å². The van der Waals surface area contributed by atoms with Gasteiger partial charge in [0.15, 0.2) is 0 Å². The summed E-state index contributed by atoms with van der Waals surface area (Å²) in [4.78, 5) is 12.8. The Bertz CT molecular complexity index is 819. The number of urea groups is 1. The van der Waals surface area contributed by atoms with Gasteiger partial charge in [0.2, 0.25) is 0 Å². The van der Waals surface area contributed by atoms with E-state index in [4.69, 9.17) is 4.74 Å². The lowest BCUT2D eigenvalue weighted by Crippen LogP contribution is -2.47.